The molecule has 0 aromatic rings. The van der Waals surface area contributed by atoms with Crippen LogP contribution < -0.4 is 5.32 Å². The Bertz CT molecular complexity index is 382. The van der Waals surface area contributed by atoms with E-state index in [0.717, 1.165) is 25.9 Å². The number of hydrogen-bond donors (Lipinski definition) is 1. The number of hydrogen-bond acceptors (Lipinski definition) is 4. The maximum atomic E-state index is 12.1. The van der Waals surface area contributed by atoms with Crippen molar-refractivity contribution < 1.29 is 14.0 Å². The number of ether oxygens (including phenoxy) is 1. The maximum Gasteiger partial charge on any atom is 0.323 e. The highest BCUT2D eigenvalue weighted by molar-refractivity contribution is 6.74. The molecule has 1 N–H and O–H groups in total. The molecular weight excluding hydrogens is 294 g/mol. The Balaban J connectivity index is 2.35. The SMILES string of the molecule is CC(C)(C)OC(=O)[C@@H]1CC[C@H](CCO[Si](C)(C)C(C)(C)C)N1. The molecule has 0 spiro atoms. The number of esters is 1. The summed E-state index contributed by atoms with van der Waals surface area (Å²) in [4.78, 5) is 12.1. The van der Waals surface area contributed by atoms with E-state index < -0.39 is 13.9 Å². The lowest BCUT2D eigenvalue weighted by molar-refractivity contribution is -0.157. The molecule has 1 heterocycles. The third-order valence-electron chi connectivity index (χ3n) is 4.67. The van der Waals surface area contributed by atoms with Gasteiger partial charge in [0.15, 0.2) is 8.32 Å². The summed E-state index contributed by atoms with van der Waals surface area (Å²) < 4.78 is 11.7. The highest BCUT2D eigenvalue weighted by atomic mass is 28.4. The lowest BCUT2D eigenvalue weighted by Gasteiger charge is -2.36. The zero-order chi connectivity index (χ0) is 17.2. The van der Waals surface area contributed by atoms with Crippen LogP contribution in [0.3, 0.4) is 0 Å². The summed E-state index contributed by atoms with van der Waals surface area (Å²) in [5.74, 6) is -0.125. The van der Waals surface area contributed by atoms with Crippen molar-refractivity contribution >= 4 is 14.3 Å². The first-order valence-electron chi connectivity index (χ1n) is 8.45. The molecule has 2 atom stereocenters. The summed E-state index contributed by atoms with van der Waals surface area (Å²) in [6.07, 6.45) is 2.84. The zero-order valence-corrected chi connectivity index (χ0v) is 16.7. The van der Waals surface area contributed by atoms with Crippen LogP contribution in [0.5, 0.6) is 0 Å². The normalized spacial score (nSPS) is 23.6. The summed E-state index contributed by atoms with van der Waals surface area (Å²) in [5.41, 5.74) is -0.414. The first-order valence-corrected chi connectivity index (χ1v) is 11.4. The lowest BCUT2D eigenvalue weighted by atomic mass is 10.1. The van der Waals surface area contributed by atoms with Gasteiger partial charge in [-0.3, -0.25) is 4.79 Å². The van der Waals surface area contributed by atoms with Gasteiger partial charge in [0.2, 0.25) is 0 Å². The molecule has 1 saturated heterocycles. The molecule has 1 aliphatic heterocycles. The Hall–Kier alpha value is -0.393. The maximum absolute atomic E-state index is 12.1. The predicted molar refractivity (Wildman–Crippen MR) is 93.6 cm³/mol. The summed E-state index contributed by atoms with van der Waals surface area (Å²) in [6, 6.07) is 0.208. The van der Waals surface area contributed by atoms with Gasteiger partial charge in [-0.1, -0.05) is 20.8 Å². The Labute approximate surface area is 137 Å². The molecule has 5 heteroatoms. The monoisotopic (exact) mass is 329 g/mol. The molecule has 1 fully saturated rings. The number of rotatable bonds is 5. The van der Waals surface area contributed by atoms with E-state index in [-0.39, 0.29) is 17.0 Å². The fourth-order valence-electron chi connectivity index (χ4n) is 2.28. The van der Waals surface area contributed by atoms with Gasteiger partial charge in [-0.25, -0.2) is 0 Å². The van der Waals surface area contributed by atoms with Crippen molar-refractivity contribution in [1.82, 2.24) is 5.32 Å². The topological polar surface area (TPSA) is 47.6 Å². The molecule has 0 aromatic carbocycles. The molecule has 0 saturated carbocycles. The first kappa shape index (κ1) is 19.7. The lowest BCUT2D eigenvalue weighted by Crippen LogP contribution is -2.43. The third kappa shape index (κ3) is 6.01. The Morgan fingerprint density at radius 3 is 2.23 bits per heavy atom. The summed E-state index contributed by atoms with van der Waals surface area (Å²) in [6.45, 7) is 17.8. The van der Waals surface area contributed by atoms with Crippen molar-refractivity contribution in [2.45, 2.75) is 96.6 Å². The molecule has 0 radical (unpaired) electrons. The number of nitrogens with one attached hydrogen (secondary N) is 1. The average molecular weight is 330 g/mol. The van der Waals surface area contributed by atoms with E-state index in [1.807, 2.05) is 20.8 Å². The third-order valence-corrected chi connectivity index (χ3v) is 9.21. The highest BCUT2D eigenvalue weighted by Gasteiger charge is 2.37. The van der Waals surface area contributed by atoms with Gasteiger partial charge in [0.1, 0.15) is 11.6 Å². The molecule has 0 bridgehead atoms. The van der Waals surface area contributed by atoms with Crippen LogP contribution in [0, 0.1) is 0 Å². The smallest absolute Gasteiger partial charge is 0.323 e. The van der Waals surface area contributed by atoms with Crippen molar-refractivity contribution in [3.05, 3.63) is 0 Å². The van der Waals surface area contributed by atoms with E-state index in [2.05, 4.69) is 39.2 Å². The van der Waals surface area contributed by atoms with E-state index in [1.165, 1.54) is 0 Å². The highest BCUT2D eigenvalue weighted by Crippen LogP contribution is 2.36. The van der Waals surface area contributed by atoms with E-state index in [0.29, 0.717) is 6.04 Å². The van der Waals surface area contributed by atoms with Gasteiger partial charge in [0.05, 0.1) is 0 Å². The van der Waals surface area contributed by atoms with E-state index in [9.17, 15) is 4.79 Å². The van der Waals surface area contributed by atoms with Gasteiger partial charge in [0, 0.05) is 12.6 Å². The van der Waals surface area contributed by atoms with Gasteiger partial charge in [-0.05, 0) is 58.2 Å². The van der Waals surface area contributed by atoms with E-state index >= 15 is 0 Å². The van der Waals surface area contributed by atoms with E-state index in [4.69, 9.17) is 9.16 Å². The van der Waals surface area contributed by atoms with Crippen LogP contribution in [0.4, 0.5) is 0 Å². The second-order valence-corrected chi connectivity index (χ2v) is 13.7. The Morgan fingerprint density at radius 1 is 1.14 bits per heavy atom. The fraction of sp³-hybridized carbons (Fsp3) is 0.941. The van der Waals surface area contributed by atoms with Crippen LogP contribution >= 0.6 is 0 Å². The second-order valence-electron chi connectivity index (χ2n) is 8.92. The summed E-state index contributed by atoms with van der Waals surface area (Å²) in [7, 11) is -1.67. The minimum absolute atomic E-state index is 0.125. The predicted octanol–water partition coefficient (Wildman–Crippen LogP) is 3.86. The van der Waals surface area contributed by atoms with Crippen LogP contribution in [-0.4, -0.2) is 38.6 Å². The molecule has 1 rings (SSSR count). The standard InChI is InChI=1S/C17H35NO3Si/c1-16(2,3)21-15(19)14-10-9-13(18-14)11-12-20-22(7,8)17(4,5)6/h13-14,18H,9-12H2,1-8H3/t13-,14+/m1/s1. The quantitative estimate of drug-likeness (QED) is 0.614. The van der Waals surface area contributed by atoms with Gasteiger partial charge in [-0.2, -0.15) is 0 Å². The van der Waals surface area contributed by atoms with Crippen LogP contribution in [-0.2, 0) is 14.0 Å². The molecular formula is C17H35NO3Si. The minimum Gasteiger partial charge on any atom is -0.459 e. The molecule has 0 aromatic heterocycles. The fourth-order valence-corrected chi connectivity index (χ4v) is 3.34. The van der Waals surface area contributed by atoms with Crippen molar-refractivity contribution in [1.29, 1.82) is 0 Å². The largest absolute Gasteiger partial charge is 0.459 e. The van der Waals surface area contributed by atoms with Gasteiger partial charge < -0.3 is 14.5 Å². The summed E-state index contributed by atoms with van der Waals surface area (Å²) >= 11 is 0. The number of carbonyl (C=O) groups is 1. The molecule has 0 amide bonds. The molecule has 130 valence electrons. The summed E-state index contributed by atoms with van der Waals surface area (Å²) in [5, 5.41) is 3.64. The van der Waals surface area contributed by atoms with Crippen molar-refractivity contribution in [2.24, 2.45) is 0 Å². The van der Waals surface area contributed by atoms with Gasteiger partial charge >= 0.3 is 5.97 Å². The zero-order valence-electron chi connectivity index (χ0n) is 15.7. The molecule has 0 aliphatic carbocycles. The van der Waals surface area contributed by atoms with Gasteiger partial charge in [-0.15, -0.1) is 0 Å². The Morgan fingerprint density at radius 2 is 1.73 bits per heavy atom. The van der Waals surface area contributed by atoms with Crippen LogP contribution in [0.1, 0.15) is 60.8 Å². The van der Waals surface area contributed by atoms with Crippen LogP contribution in [0.25, 0.3) is 0 Å². The van der Waals surface area contributed by atoms with Gasteiger partial charge in [0.25, 0.3) is 0 Å². The Kier molecular flexibility index (Phi) is 6.27. The molecule has 0 unspecified atom stereocenters. The van der Waals surface area contributed by atoms with E-state index in [1.54, 1.807) is 0 Å². The van der Waals surface area contributed by atoms with Crippen molar-refractivity contribution in [3.8, 4) is 0 Å². The molecule has 4 nitrogen and oxygen atoms in total. The van der Waals surface area contributed by atoms with Crippen LogP contribution in [0.15, 0.2) is 0 Å². The minimum atomic E-state index is -1.67. The first-order chi connectivity index (χ1) is 9.82. The molecule has 22 heavy (non-hydrogen) atoms. The molecule has 1 aliphatic rings. The van der Waals surface area contributed by atoms with Crippen LogP contribution in [0.2, 0.25) is 18.1 Å². The van der Waals surface area contributed by atoms with Crippen molar-refractivity contribution in [2.75, 3.05) is 6.61 Å². The van der Waals surface area contributed by atoms with Crippen molar-refractivity contribution in [3.63, 3.8) is 0 Å². The number of carbonyl (C=O) groups excluding carboxylic acids is 1. The second kappa shape index (κ2) is 7.01. The average Bonchev–Trinajstić information content (AvgIpc) is 2.73.